The normalized spacial score (nSPS) is 21.0. The number of benzene rings is 2. The Morgan fingerprint density at radius 2 is 1.92 bits per heavy atom. The molecule has 0 bridgehead atoms. The standard InChI is InChI=1S/C20H14Cl2N2OS/c21-12-7-8-13(15(22)10-12)20-24-17(14-4-1-2-5-18(14)25-20)11-16(23-24)19-6-3-9-26-19/h1-10,17,20H,11H2/t17-,20-/m1/s1. The minimum Gasteiger partial charge on any atom is -0.464 e. The first kappa shape index (κ1) is 16.2. The summed E-state index contributed by atoms with van der Waals surface area (Å²) in [7, 11) is 0. The highest BCUT2D eigenvalue weighted by Crippen LogP contribution is 2.48. The quantitative estimate of drug-likeness (QED) is 0.504. The molecule has 0 unspecified atom stereocenters. The Balaban J connectivity index is 1.63. The Bertz CT molecular complexity index is 1000. The van der Waals surface area contributed by atoms with Crippen molar-refractivity contribution in [1.29, 1.82) is 0 Å². The van der Waals surface area contributed by atoms with Crippen molar-refractivity contribution in [3.63, 3.8) is 0 Å². The van der Waals surface area contributed by atoms with Gasteiger partial charge in [-0.25, -0.2) is 5.01 Å². The van der Waals surface area contributed by atoms with E-state index in [1.165, 1.54) is 4.88 Å². The Labute approximate surface area is 165 Å². The third kappa shape index (κ3) is 2.60. The van der Waals surface area contributed by atoms with Crippen molar-refractivity contribution in [1.82, 2.24) is 5.01 Å². The lowest BCUT2D eigenvalue weighted by Crippen LogP contribution is -2.33. The molecular formula is C20H14Cl2N2OS. The van der Waals surface area contributed by atoms with Crippen LogP contribution in [0.25, 0.3) is 0 Å². The Kier molecular flexibility index (Phi) is 3.92. The molecule has 0 radical (unpaired) electrons. The molecule has 0 aliphatic carbocycles. The highest BCUT2D eigenvalue weighted by molar-refractivity contribution is 7.12. The molecular weight excluding hydrogens is 387 g/mol. The third-order valence-electron chi connectivity index (χ3n) is 4.73. The predicted molar refractivity (Wildman–Crippen MR) is 106 cm³/mol. The van der Waals surface area contributed by atoms with Gasteiger partial charge < -0.3 is 4.74 Å². The number of ether oxygens (including phenoxy) is 1. The van der Waals surface area contributed by atoms with Gasteiger partial charge in [0.2, 0.25) is 6.23 Å². The summed E-state index contributed by atoms with van der Waals surface area (Å²) < 4.78 is 6.31. The average Bonchev–Trinajstić information content (AvgIpc) is 3.31. The molecule has 0 amide bonds. The van der Waals surface area contributed by atoms with Gasteiger partial charge in [-0.05, 0) is 29.6 Å². The first-order valence-corrected chi connectivity index (χ1v) is 9.94. The highest BCUT2D eigenvalue weighted by atomic mass is 35.5. The fraction of sp³-hybridized carbons (Fsp3) is 0.150. The summed E-state index contributed by atoms with van der Waals surface area (Å²) >= 11 is 14.3. The Hall–Kier alpha value is -2.01. The number of nitrogens with zero attached hydrogens (tertiary/aromatic N) is 2. The SMILES string of the molecule is Clc1ccc([C@H]2Oc3ccccc3[C@H]3CC(c4cccs4)=NN32)c(Cl)c1. The lowest BCUT2D eigenvalue weighted by Gasteiger charge is -2.38. The summed E-state index contributed by atoms with van der Waals surface area (Å²) in [6, 6.07) is 17.9. The summed E-state index contributed by atoms with van der Waals surface area (Å²) in [6.45, 7) is 0. The van der Waals surface area contributed by atoms with Crippen molar-refractivity contribution in [2.75, 3.05) is 0 Å². The van der Waals surface area contributed by atoms with Crippen LogP contribution >= 0.6 is 34.5 Å². The average molecular weight is 401 g/mol. The van der Waals surface area contributed by atoms with Gasteiger partial charge in [-0.3, -0.25) is 0 Å². The number of hydrogen-bond acceptors (Lipinski definition) is 4. The lowest BCUT2D eigenvalue weighted by molar-refractivity contribution is -0.0189. The maximum Gasteiger partial charge on any atom is 0.215 e. The van der Waals surface area contributed by atoms with E-state index in [-0.39, 0.29) is 12.3 Å². The summed E-state index contributed by atoms with van der Waals surface area (Å²) in [5.74, 6) is 0.882. The van der Waals surface area contributed by atoms with Gasteiger partial charge in [-0.1, -0.05) is 53.5 Å². The number of halogens is 2. The molecule has 3 aromatic rings. The van der Waals surface area contributed by atoms with Gasteiger partial charge in [-0.2, -0.15) is 5.10 Å². The first-order valence-electron chi connectivity index (χ1n) is 8.31. The van der Waals surface area contributed by atoms with Gasteiger partial charge in [0.25, 0.3) is 0 Å². The van der Waals surface area contributed by atoms with E-state index in [4.69, 9.17) is 33.0 Å². The molecule has 3 nitrogen and oxygen atoms in total. The van der Waals surface area contributed by atoms with Crippen LogP contribution < -0.4 is 4.74 Å². The summed E-state index contributed by atoms with van der Waals surface area (Å²) in [5, 5.41) is 10.2. The zero-order valence-electron chi connectivity index (χ0n) is 13.6. The van der Waals surface area contributed by atoms with E-state index in [2.05, 4.69) is 23.6 Å². The summed E-state index contributed by atoms with van der Waals surface area (Å²) in [6.07, 6.45) is 0.472. The number of thiophene rings is 1. The van der Waals surface area contributed by atoms with Crippen molar-refractivity contribution in [3.05, 3.63) is 86.0 Å². The van der Waals surface area contributed by atoms with Crippen LogP contribution in [0.1, 0.15) is 34.7 Å². The van der Waals surface area contributed by atoms with E-state index in [0.29, 0.717) is 10.0 Å². The zero-order valence-corrected chi connectivity index (χ0v) is 15.9. The van der Waals surface area contributed by atoms with Crippen LogP contribution in [0, 0.1) is 0 Å². The van der Waals surface area contributed by atoms with Crippen LogP contribution in [-0.4, -0.2) is 10.7 Å². The van der Waals surface area contributed by atoms with Crippen molar-refractivity contribution in [3.8, 4) is 5.75 Å². The predicted octanol–water partition coefficient (Wildman–Crippen LogP) is 6.30. The van der Waals surface area contributed by atoms with Crippen LogP contribution in [0.15, 0.2) is 65.1 Å². The third-order valence-corrected chi connectivity index (χ3v) is 6.21. The van der Waals surface area contributed by atoms with Crippen molar-refractivity contribution in [2.24, 2.45) is 5.10 Å². The van der Waals surface area contributed by atoms with Gasteiger partial charge in [-0.15, -0.1) is 11.3 Å². The lowest BCUT2D eigenvalue weighted by atomic mass is 9.98. The second-order valence-corrected chi connectivity index (χ2v) is 8.09. The van der Waals surface area contributed by atoms with E-state index in [9.17, 15) is 0 Å². The van der Waals surface area contributed by atoms with Crippen LogP contribution in [0.3, 0.4) is 0 Å². The molecule has 3 heterocycles. The van der Waals surface area contributed by atoms with Gasteiger partial charge in [0.1, 0.15) is 5.75 Å². The zero-order chi connectivity index (χ0) is 17.7. The fourth-order valence-corrected chi connectivity index (χ4v) is 4.76. The molecule has 1 aromatic heterocycles. The fourth-order valence-electron chi connectivity index (χ4n) is 3.53. The van der Waals surface area contributed by atoms with E-state index >= 15 is 0 Å². The topological polar surface area (TPSA) is 24.8 Å². The van der Waals surface area contributed by atoms with Crippen molar-refractivity contribution >= 4 is 40.3 Å². The molecule has 130 valence electrons. The second-order valence-electron chi connectivity index (χ2n) is 6.30. The van der Waals surface area contributed by atoms with Crippen molar-refractivity contribution in [2.45, 2.75) is 18.7 Å². The van der Waals surface area contributed by atoms with E-state index < -0.39 is 0 Å². The number of para-hydroxylation sites is 1. The van der Waals surface area contributed by atoms with Crippen LogP contribution in [0.2, 0.25) is 10.0 Å². The van der Waals surface area contributed by atoms with E-state index in [1.54, 1.807) is 17.4 Å². The van der Waals surface area contributed by atoms with Gasteiger partial charge >= 0.3 is 0 Å². The molecule has 5 rings (SSSR count). The number of hydrogen-bond donors (Lipinski definition) is 0. The molecule has 2 atom stereocenters. The number of hydrazone groups is 1. The molecule has 0 saturated heterocycles. The Morgan fingerprint density at radius 1 is 1.04 bits per heavy atom. The molecule has 2 aliphatic rings. The molecule has 0 spiro atoms. The van der Waals surface area contributed by atoms with Crippen LogP contribution in [-0.2, 0) is 0 Å². The Morgan fingerprint density at radius 3 is 2.73 bits per heavy atom. The van der Waals surface area contributed by atoms with Gasteiger partial charge in [0.05, 0.1) is 21.7 Å². The number of fused-ring (bicyclic) bond motifs is 3. The van der Waals surface area contributed by atoms with Crippen LogP contribution in [0.4, 0.5) is 0 Å². The molecule has 0 N–H and O–H groups in total. The van der Waals surface area contributed by atoms with Gasteiger partial charge in [0.15, 0.2) is 0 Å². The number of rotatable bonds is 2. The molecule has 0 saturated carbocycles. The minimum absolute atomic E-state index is 0.133. The monoisotopic (exact) mass is 400 g/mol. The molecule has 2 aliphatic heterocycles. The molecule has 2 aromatic carbocycles. The van der Waals surface area contributed by atoms with Crippen LogP contribution in [0.5, 0.6) is 5.75 Å². The van der Waals surface area contributed by atoms with E-state index in [0.717, 1.165) is 29.0 Å². The summed E-state index contributed by atoms with van der Waals surface area (Å²) in [4.78, 5) is 1.19. The van der Waals surface area contributed by atoms with E-state index in [1.807, 2.05) is 35.3 Å². The maximum absolute atomic E-state index is 6.48. The smallest absolute Gasteiger partial charge is 0.215 e. The first-order chi connectivity index (χ1) is 12.7. The minimum atomic E-state index is -0.378. The maximum atomic E-state index is 6.48. The summed E-state index contributed by atoms with van der Waals surface area (Å²) in [5.41, 5.74) is 3.11. The largest absolute Gasteiger partial charge is 0.464 e. The molecule has 26 heavy (non-hydrogen) atoms. The molecule has 0 fully saturated rings. The van der Waals surface area contributed by atoms with Crippen molar-refractivity contribution < 1.29 is 4.74 Å². The van der Waals surface area contributed by atoms with Gasteiger partial charge in [0, 0.05) is 22.6 Å². The second kappa shape index (κ2) is 6.31. The molecule has 6 heteroatoms. The highest BCUT2D eigenvalue weighted by Gasteiger charge is 2.41.